The van der Waals surface area contributed by atoms with Gasteiger partial charge in [0.1, 0.15) is 17.0 Å². The van der Waals surface area contributed by atoms with E-state index >= 15 is 0 Å². The minimum Gasteiger partial charge on any atom is -0.508 e. The normalized spacial score (nSPS) is 18.2. The van der Waals surface area contributed by atoms with Crippen LogP contribution in [0.3, 0.4) is 0 Å². The summed E-state index contributed by atoms with van der Waals surface area (Å²) >= 11 is 0. The van der Waals surface area contributed by atoms with Crippen LogP contribution in [0.15, 0.2) is 24.3 Å². The van der Waals surface area contributed by atoms with Crippen molar-refractivity contribution in [2.24, 2.45) is 0 Å². The van der Waals surface area contributed by atoms with Crippen LogP contribution in [0.1, 0.15) is 53.1 Å². The van der Waals surface area contributed by atoms with E-state index in [9.17, 15) is 14.7 Å². The van der Waals surface area contributed by atoms with Crippen LogP contribution in [-0.4, -0.2) is 57.9 Å². The zero-order chi connectivity index (χ0) is 20.4. The molecule has 1 aromatic carbocycles. The molecule has 1 atom stereocenters. The molecule has 0 saturated carbocycles. The number of phenolic OH excluding ortho intramolecular Hbond substituents is 1. The lowest BCUT2D eigenvalue weighted by atomic mass is 10.0. The molecule has 1 fully saturated rings. The number of piperazine rings is 1. The van der Waals surface area contributed by atoms with Crippen LogP contribution < -0.4 is 0 Å². The Hall–Kier alpha value is -2.44. The van der Waals surface area contributed by atoms with Gasteiger partial charge in [-0.25, -0.2) is 9.59 Å². The van der Waals surface area contributed by atoms with Gasteiger partial charge in [-0.1, -0.05) is 12.1 Å². The molecule has 0 aliphatic carbocycles. The zero-order valence-electron chi connectivity index (χ0n) is 17.0. The summed E-state index contributed by atoms with van der Waals surface area (Å²) in [4.78, 5) is 28.4. The predicted octanol–water partition coefficient (Wildman–Crippen LogP) is 3.92. The Morgan fingerprint density at radius 3 is 1.96 bits per heavy atom. The highest BCUT2D eigenvalue weighted by Crippen LogP contribution is 2.29. The number of carbonyl (C=O) groups is 2. The molecule has 1 heterocycles. The Kier molecular flexibility index (Phi) is 5.92. The SMILES string of the molecule is CC(C)(C)OC(=O)N1CCN(C(=O)OC(C)(C)C)C(c2ccc(O)cc2)C1. The smallest absolute Gasteiger partial charge is 0.410 e. The van der Waals surface area contributed by atoms with Crippen LogP contribution >= 0.6 is 0 Å². The van der Waals surface area contributed by atoms with Crippen molar-refractivity contribution < 1.29 is 24.2 Å². The highest BCUT2D eigenvalue weighted by molar-refractivity contribution is 5.71. The summed E-state index contributed by atoms with van der Waals surface area (Å²) in [7, 11) is 0. The van der Waals surface area contributed by atoms with Crippen molar-refractivity contribution in [1.29, 1.82) is 0 Å². The molecule has 0 aromatic heterocycles. The second kappa shape index (κ2) is 7.66. The zero-order valence-corrected chi connectivity index (χ0v) is 17.0. The molecule has 0 radical (unpaired) electrons. The van der Waals surface area contributed by atoms with Gasteiger partial charge in [0.25, 0.3) is 0 Å². The van der Waals surface area contributed by atoms with Crippen LogP contribution in [0.25, 0.3) is 0 Å². The Bertz CT molecular complexity index is 673. The molecule has 1 aromatic rings. The third-order valence-corrected chi connectivity index (χ3v) is 3.94. The molecular formula is C20H30N2O5. The molecule has 2 amide bonds. The number of rotatable bonds is 1. The van der Waals surface area contributed by atoms with Crippen molar-refractivity contribution in [3.05, 3.63) is 29.8 Å². The highest BCUT2D eigenvalue weighted by atomic mass is 16.6. The van der Waals surface area contributed by atoms with Crippen LogP contribution in [-0.2, 0) is 9.47 Å². The molecule has 150 valence electrons. The summed E-state index contributed by atoms with van der Waals surface area (Å²) in [5.74, 6) is 0.141. The third-order valence-electron chi connectivity index (χ3n) is 3.94. The minimum atomic E-state index is -0.612. The topological polar surface area (TPSA) is 79.3 Å². The van der Waals surface area contributed by atoms with E-state index in [0.29, 0.717) is 19.6 Å². The molecule has 1 saturated heterocycles. The third kappa shape index (κ3) is 6.05. The van der Waals surface area contributed by atoms with E-state index in [2.05, 4.69) is 0 Å². The van der Waals surface area contributed by atoms with E-state index < -0.39 is 23.4 Å². The maximum absolute atomic E-state index is 12.7. The van der Waals surface area contributed by atoms with E-state index in [1.165, 1.54) is 0 Å². The van der Waals surface area contributed by atoms with E-state index in [1.807, 2.05) is 41.5 Å². The molecule has 1 aliphatic heterocycles. The van der Waals surface area contributed by atoms with Gasteiger partial charge in [-0.15, -0.1) is 0 Å². The first-order valence-corrected chi connectivity index (χ1v) is 9.12. The monoisotopic (exact) mass is 378 g/mol. The van der Waals surface area contributed by atoms with Crippen molar-refractivity contribution in [2.45, 2.75) is 58.8 Å². The lowest BCUT2D eigenvalue weighted by Crippen LogP contribution is -2.54. The van der Waals surface area contributed by atoms with Gasteiger partial charge in [0.05, 0.1) is 6.04 Å². The van der Waals surface area contributed by atoms with Gasteiger partial charge in [0.2, 0.25) is 0 Å². The maximum Gasteiger partial charge on any atom is 0.410 e. The largest absolute Gasteiger partial charge is 0.508 e. The van der Waals surface area contributed by atoms with Gasteiger partial charge < -0.3 is 19.5 Å². The van der Waals surface area contributed by atoms with Crippen molar-refractivity contribution in [2.75, 3.05) is 19.6 Å². The average molecular weight is 378 g/mol. The number of nitrogens with zero attached hydrogens (tertiary/aromatic N) is 2. The number of phenols is 1. The van der Waals surface area contributed by atoms with Crippen molar-refractivity contribution in [3.63, 3.8) is 0 Å². The Labute approximate surface area is 160 Å². The Morgan fingerprint density at radius 2 is 1.44 bits per heavy atom. The van der Waals surface area contributed by atoms with Gasteiger partial charge in [-0.2, -0.15) is 0 Å². The van der Waals surface area contributed by atoms with Crippen molar-refractivity contribution in [3.8, 4) is 5.75 Å². The molecule has 1 unspecified atom stereocenters. The number of carbonyl (C=O) groups excluding carboxylic acids is 2. The van der Waals surface area contributed by atoms with Gasteiger partial charge in [0.15, 0.2) is 0 Å². The lowest BCUT2D eigenvalue weighted by Gasteiger charge is -2.42. The van der Waals surface area contributed by atoms with Gasteiger partial charge in [-0.3, -0.25) is 4.90 Å². The van der Waals surface area contributed by atoms with Gasteiger partial charge >= 0.3 is 12.2 Å². The quantitative estimate of drug-likeness (QED) is 0.801. The maximum atomic E-state index is 12.7. The molecule has 0 spiro atoms. The molecule has 1 N–H and O–H groups in total. The standard InChI is InChI=1S/C20H30N2O5/c1-19(2,3)26-17(24)21-11-12-22(18(25)27-20(4,5)6)16(13-21)14-7-9-15(23)10-8-14/h7-10,16,23H,11-13H2,1-6H3. The van der Waals surface area contributed by atoms with Crippen LogP contribution in [0.5, 0.6) is 5.75 Å². The minimum absolute atomic E-state index is 0.141. The van der Waals surface area contributed by atoms with Crippen LogP contribution in [0, 0.1) is 0 Å². The number of amides is 2. The highest BCUT2D eigenvalue weighted by Gasteiger charge is 2.37. The number of hydrogen-bond donors (Lipinski definition) is 1. The van der Waals surface area contributed by atoms with E-state index in [4.69, 9.17) is 9.47 Å². The average Bonchev–Trinajstić information content (AvgIpc) is 2.52. The molecule has 0 bridgehead atoms. The van der Waals surface area contributed by atoms with E-state index in [0.717, 1.165) is 5.56 Å². The Morgan fingerprint density at radius 1 is 0.926 bits per heavy atom. The molecule has 27 heavy (non-hydrogen) atoms. The summed E-state index contributed by atoms with van der Waals surface area (Å²) in [6.07, 6.45) is -0.834. The molecule has 1 aliphatic rings. The van der Waals surface area contributed by atoms with Crippen LogP contribution in [0.2, 0.25) is 0 Å². The number of aromatic hydroxyl groups is 1. The fraction of sp³-hybridized carbons (Fsp3) is 0.600. The Balaban J connectivity index is 2.24. The van der Waals surface area contributed by atoms with Gasteiger partial charge in [0, 0.05) is 19.6 Å². The summed E-state index contributed by atoms with van der Waals surface area (Å²) < 4.78 is 11.0. The second-order valence-corrected chi connectivity index (χ2v) is 8.71. The molecule has 7 nitrogen and oxygen atoms in total. The lowest BCUT2D eigenvalue weighted by molar-refractivity contribution is -0.0152. The second-order valence-electron chi connectivity index (χ2n) is 8.71. The molecular weight excluding hydrogens is 348 g/mol. The first-order valence-electron chi connectivity index (χ1n) is 9.12. The molecule has 2 rings (SSSR count). The summed E-state index contributed by atoms with van der Waals surface area (Å²) in [5, 5.41) is 9.56. The van der Waals surface area contributed by atoms with Crippen molar-refractivity contribution >= 4 is 12.2 Å². The first kappa shape index (κ1) is 20.9. The van der Waals surface area contributed by atoms with E-state index in [-0.39, 0.29) is 11.8 Å². The number of hydrogen-bond acceptors (Lipinski definition) is 5. The predicted molar refractivity (Wildman–Crippen MR) is 102 cm³/mol. The fourth-order valence-corrected chi connectivity index (χ4v) is 2.80. The fourth-order valence-electron chi connectivity index (χ4n) is 2.80. The first-order chi connectivity index (χ1) is 12.4. The summed E-state index contributed by atoms with van der Waals surface area (Å²) in [6.45, 7) is 11.9. The summed E-state index contributed by atoms with van der Waals surface area (Å²) in [5.41, 5.74) is -0.390. The summed E-state index contributed by atoms with van der Waals surface area (Å²) in [6, 6.07) is 6.23. The van der Waals surface area contributed by atoms with E-state index in [1.54, 1.807) is 34.1 Å². The van der Waals surface area contributed by atoms with Crippen LogP contribution in [0.4, 0.5) is 9.59 Å². The van der Waals surface area contributed by atoms with Gasteiger partial charge in [-0.05, 0) is 59.2 Å². The molecule has 7 heteroatoms. The number of benzene rings is 1. The number of ether oxygens (including phenoxy) is 2. The van der Waals surface area contributed by atoms with Crippen molar-refractivity contribution in [1.82, 2.24) is 9.80 Å².